The second-order valence-electron chi connectivity index (χ2n) is 5.67. The molecule has 0 bridgehead atoms. The molecule has 1 unspecified atom stereocenters. The van der Waals surface area contributed by atoms with Gasteiger partial charge in [0.05, 0.1) is 4.90 Å². The standard InChI is InChI=1S/C17H19BrFNO2S/c1-12(13-5-8-16(9-6-13)23(3,21)22)20(2)11-14-4-7-15(18)10-17(14)19/h4-10,12H,11H2,1-3H3. The van der Waals surface area contributed by atoms with Gasteiger partial charge >= 0.3 is 0 Å². The van der Waals surface area contributed by atoms with Crippen molar-refractivity contribution in [2.75, 3.05) is 13.3 Å². The normalized spacial score (nSPS) is 13.3. The quantitative estimate of drug-likeness (QED) is 0.756. The van der Waals surface area contributed by atoms with Gasteiger partial charge < -0.3 is 0 Å². The molecule has 0 radical (unpaired) electrons. The van der Waals surface area contributed by atoms with Crippen molar-refractivity contribution in [1.29, 1.82) is 0 Å². The largest absolute Gasteiger partial charge is 0.295 e. The SMILES string of the molecule is CC(c1ccc(S(C)(=O)=O)cc1)N(C)Cc1ccc(Br)cc1F. The molecule has 0 saturated carbocycles. The topological polar surface area (TPSA) is 37.4 Å². The number of hydrogen-bond acceptors (Lipinski definition) is 3. The monoisotopic (exact) mass is 399 g/mol. The van der Waals surface area contributed by atoms with Gasteiger partial charge in [-0.15, -0.1) is 0 Å². The highest BCUT2D eigenvalue weighted by atomic mass is 79.9. The molecule has 0 aliphatic carbocycles. The van der Waals surface area contributed by atoms with E-state index in [1.165, 1.54) is 12.3 Å². The van der Waals surface area contributed by atoms with Crippen LogP contribution in [-0.4, -0.2) is 26.6 Å². The highest BCUT2D eigenvalue weighted by Crippen LogP contribution is 2.24. The number of rotatable bonds is 5. The van der Waals surface area contributed by atoms with Gasteiger partial charge in [-0.05, 0) is 43.8 Å². The molecule has 0 fully saturated rings. The van der Waals surface area contributed by atoms with Gasteiger partial charge in [0.2, 0.25) is 0 Å². The van der Waals surface area contributed by atoms with Crippen molar-refractivity contribution < 1.29 is 12.8 Å². The van der Waals surface area contributed by atoms with Crippen LogP contribution in [0.4, 0.5) is 4.39 Å². The maximum Gasteiger partial charge on any atom is 0.175 e. The number of benzene rings is 2. The number of halogens is 2. The minimum absolute atomic E-state index is 0.0339. The molecule has 2 aromatic carbocycles. The molecule has 0 saturated heterocycles. The van der Waals surface area contributed by atoms with Crippen molar-refractivity contribution in [2.24, 2.45) is 0 Å². The average Bonchev–Trinajstić information content (AvgIpc) is 2.48. The van der Waals surface area contributed by atoms with Gasteiger partial charge in [0.25, 0.3) is 0 Å². The Morgan fingerprint density at radius 1 is 1.17 bits per heavy atom. The van der Waals surface area contributed by atoms with Crippen molar-refractivity contribution in [3.05, 3.63) is 63.9 Å². The van der Waals surface area contributed by atoms with E-state index in [2.05, 4.69) is 15.9 Å². The molecule has 2 rings (SSSR count). The third kappa shape index (κ3) is 4.62. The lowest BCUT2D eigenvalue weighted by Crippen LogP contribution is -2.22. The minimum Gasteiger partial charge on any atom is -0.295 e. The van der Waals surface area contributed by atoms with Gasteiger partial charge in [-0.3, -0.25) is 4.90 Å². The third-order valence-electron chi connectivity index (χ3n) is 3.89. The Morgan fingerprint density at radius 2 is 1.78 bits per heavy atom. The van der Waals surface area contributed by atoms with Crippen LogP contribution in [0.25, 0.3) is 0 Å². The van der Waals surface area contributed by atoms with Crippen LogP contribution in [0.15, 0.2) is 51.8 Å². The average molecular weight is 400 g/mol. The maximum atomic E-state index is 13.9. The van der Waals surface area contributed by atoms with E-state index < -0.39 is 9.84 Å². The zero-order chi connectivity index (χ0) is 17.2. The van der Waals surface area contributed by atoms with E-state index in [9.17, 15) is 12.8 Å². The van der Waals surface area contributed by atoms with Gasteiger partial charge in [-0.1, -0.05) is 34.1 Å². The van der Waals surface area contributed by atoms with Crippen LogP contribution in [0.2, 0.25) is 0 Å². The summed E-state index contributed by atoms with van der Waals surface area (Å²) in [5, 5.41) is 0. The van der Waals surface area contributed by atoms with Crippen LogP contribution >= 0.6 is 15.9 Å². The predicted molar refractivity (Wildman–Crippen MR) is 93.5 cm³/mol. The van der Waals surface area contributed by atoms with Crippen LogP contribution in [-0.2, 0) is 16.4 Å². The van der Waals surface area contributed by atoms with E-state index in [0.29, 0.717) is 21.5 Å². The molecule has 23 heavy (non-hydrogen) atoms. The summed E-state index contributed by atoms with van der Waals surface area (Å²) in [5.41, 5.74) is 1.60. The van der Waals surface area contributed by atoms with Gasteiger partial charge in [0.1, 0.15) is 5.82 Å². The number of sulfone groups is 1. The lowest BCUT2D eigenvalue weighted by molar-refractivity contribution is 0.249. The van der Waals surface area contributed by atoms with Crippen LogP contribution in [0, 0.1) is 5.82 Å². The molecule has 1 atom stereocenters. The fraction of sp³-hybridized carbons (Fsp3) is 0.294. The van der Waals surface area contributed by atoms with Gasteiger partial charge in [-0.2, -0.15) is 0 Å². The lowest BCUT2D eigenvalue weighted by Gasteiger charge is -2.25. The summed E-state index contributed by atoms with van der Waals surface area (Å²) in [6, 6.07) is 11.9. The zero-order valence-corrected chi connectivity index (χ0v) is 15.7. The van der Waals surface area contributed by atoms with Crippen LogP contribution in [0.3, 0.4) is 0 Å². The Balaban J connectivity index is 2.14. The van der Waals surface area contributed by atoms with Gasteiger partial charge in [0, 0.05) is 28.9 Å². The van der Waals surface area contributed by atoms with Crippen LogP contribution in [0.5, 0.6) is 0 Å². The molecule has 6 heteroatoms. The van der Waals surface area contributed by atoms with Crippen molar-refractivity contribution >= 4 is 25.8 Å². The van der Waals surface area contributed by atoms with E-state index >= 15 is 0 Å². The highest BCUT2D eigenvalue weighted by molar-refractivity contribution is 9.10. The number of hydrogen-bond donors (Lipinski definition) is 0. The molecule has 0 spiro atoms. The van der Waals surface area contributed by atoms with Crippen LogP contribution in [0.1, 0.15) is 24.1 Å². The molecule has 3 nitrogen and oxygen atoms in total. The molecular weight excluding hydrogens is 381 g/mol. The van der Waals surface area contributed by atoms with Crippen LogP contribution < -0.4 is 0 Å². The molecule has 0 heterocycles. The summed E-state index contributed by atoms with van der Waals surface area (Å²) in [6.45, 7) is 2.47. The fourth-order valence-corrected chi connectivity index (χ4v) is 3.27. The summed E-state index contributed by atoms with van der Waals surface area (Å²) in [7, 11) is -1.28. The Hall–Kier alpha value is -1.24. The van der Waals surface area contributed by atoms with Crippen molar-refractivity contribution in [3.63, 3.8) is 0 Å². The second-order valence-corrected chi connectivity index (χ2v) is 8.60. The van der Waals surface area contributed by atoms with Gasteiger partial charge in [-0.25, -0.2) is 12.8 Å². The van der Waals surface area contributed by atoms with Gasteiger partial charge in [0.15, 0.2) is 9.84 Å². The first-order valence-electron chi connectivity index (χ1n) is 7.12. The Morgan fingerprint density at radius 3 is 2.30 bits per heavy atom. The zero-order valence-electron chi connectivity index (χ0n) is 13.3. The highest BCUT2D eigenvalue weighted by Gasteiger charge is 2.15. The fourth-order valence-electron chi connectivity index (χ4n) is 2.30. The first-order chi connectivity index (χ1) is 10.7. The number of nitrogens with zero attached hydrogens (tertiary/aromatic N) is 1. The van der Waals surface area contributed by atoms with E-state index in [4.69, 9.17) is 0 Å². The summed E-state index contributed by atoms with van der Waals surface area (Å²) < 4.78 is 37.6. The predicted octanol–water partition coefficient (Wildman–Crippen LogP) is 4.18. The van der Waals surface area contributed by atoms with Crippen molar-refractivity contribution in [2.45, 2.75) is 24.4 Å². The van der Waals surface area contributed by atoms with Crippen molar-refractivity contribution in [1.82, 2.24) is 4.90 Å². The van der Waals surface area contributed by atoms with E-state index in [1.807, 2.05) is 24.9 Å². The second kappa shape index (κ2) is 7.11. The first kappa shape index (κ1) is 18.1. The Bertz CT molecular complexity index is 791. The molecule has 0 N–H and O–H groups in total. The molecule has 0 aliphatic rings. The lowest BCUT2D eigenvalue weighted by atomic mass is 10.1. The minimum atomic E-state index is -3.19. The molecule has 0 aromatic heterocycles. The molecule has 0 aliphatic heterocycles. The van der Waals surface area contributed by atoms with E-state index in [0.717, 1.165) is 5.56 Å². The maximum absolute atomic E-state index is 13.9. The Kier molecular flexibility index (Phi) is 5.60. The smallest absolute Gasteiger partial charge is 0.175 e. The molecule has 0 amide bonds. The summed E-state index contributed by atoms with van der Waals surface area (Å²) in [6.07, 6.45) is 1.19. The first-order valence-corrected chi connectivity index (χ1v) is 9.81. The van der Waals surface area contributed by atoms with E-state index in [1.54, 1.807) is 30.3 Å². The third-order valence-corrected chi connectivity index (χ3v) is 5.51. The summed E-state index contributed by atoms with van der Waals surface area (Å²) in [5.74, 6) is -0.245. The van der Waals surface area contributed by atoms with Crippen molar-refractivity contribution in [3.8, 4) is 0 Å². The summed E-state index contributed by atoms with van der Waals surface area (Å²) in [4.78, 5) is 2.32. The van der Waals surface area contributed by atoms with E-state index in [-0.39, 0.29) is 11.9 Å². The molecule has 124 valence electrons. The Labute approximate surface area is 145 Å². The summed E-state index contributed by atoms with van der Waals surface area (Å²) >= 11 is 3.25. The molecular formula is C17H19BrFNO2S. The molecule has 2 aromatic rings.